The molecule has 3 aromatic heterocycles. The van der Waals surface area contributed by atoms with E-state index < -0.39 is 0 Å². The zero-order valence-electron chi connectivity index (χ0n) is 11.9. The lowest BCUT2D eigenvalue weighted by atomic mass is 10.1. The van der Waals surface area contributed by atoms with E-state index in [1.54, 1.807) is 30.8 Å². The van der Waals surface area contributed by atoms with Crippen LogP contribution in [0.15, 0.2) is 59.2 Å². The first kappa shape index (κ1) is 13.6. The maximum absolute atomic E-state index is 4.81. The van der Waals surface area contributed by atoms with Crippen molar-refractivity contribution in [2.75, 3.05) is 7.05 Å². The Kier molecular flexibility index (Phi) is 3.88. The smallest absolute Gasteiger partial charge is 0.0896 e. The number of pyridine rings is 2. The molecule has 0 fully saturated rings. The maximum atomic E-state index is 4.81. The monoisotopic (exact) mass is 293 g/mol. The van der Waals surface area contributed by atoms with Gasteiger partial charge in [-0.05, 0) is 42.8 Å². The second-order valence-corrected chi connectivity index (χ2v) is 5.45. The van der Waals surface area contributed by atoms with Gasteiger partial charge in [0, 0.05) is 30.4 Å². The van der Waals surface area contributed by atoms with Gasteiger partial charge in [0.25, 0.3) is 0 Å². The zero-order valence-corrected chi connectivity index (χ0v) is 12.8. The average Bonchev–Trinajstić information content (AvgIpc) is 2.96. The van der Waals surface area contributed by atoms with Crippen LogP contribution in [0.4, 0.5) is 0 Å². The molecule has 0 saturated heterocycles. The van der Waals surface area contributed by atoms with Crippen LogP contribution in [0.3, 0.4) is 0 Å². The highest BCUT2D eigenvalue weighted by Gasteiger charge is 2.10. The molecule has 0 aliphatic rings. The summed E-state index contributed by atoms with van der Waals surface area (Å²) < 4.78 is 1.18. The molecule has 0 N–H and O–H groups in total. The molecular formula is C17H15N3S. The summed E-state index contributed by atoms with van der Waals surface area (Å²) in [7, 11) is 1.79. The molecule has 0 unspecified atom stereocenters. The fourth-order valence-electron chi connectivity index (χ4n) is 2.22. The van der Waals surface area contributed by atoms with Gasteiger partial charge < -0.3 is 0 Å². The van der Waals surface area contributed by atoms with Crippen LogP contribution >= 0.6 is 11.3 Å². The van der Waals surface area contributed by atoms with Gasteiger partial charge in [-0.1, -0.05) is 6.08 Å². The Morgan fingerprint density at radius 2 is 2.00 bits per heavy atom. The van der Waals surface area contributed by atoms with Crippen molar-refractivity contribution >= 4 is 27.3 Å². The van der Waals surface area contributed by atoms with E-state index in [9.17, 15) is 0 Å². The number of rotatable bonds is 3. The zero-order chi connectivity index (χ0) is 14.7. The molecule has 4 heteroatoms. The lowest BCUT2D eigenvalue weighted by molar-refractivity contribution is 1.32. The van der Waals surface area contributed by atoms with Crippen molar-refractivity contribution in [3.63, 3.8) is 0 Å². The Balaban J connectivity index is 2.17. The van der Waals surface area contributed by atoms with E-state index in [1.165, 1.54) is 4.70 Å². The van der Waals surface area contributed by atoms with Gasteiger partial charge in [0.15, 0.2) is 0 Å². The molecule has 0 bridgehead atoms. The van der Waals surface area contributed by atoms with Crippen LogP contribution in [0.2, 0.25) is 0 Å². The number of nitrogens with zero attached hydrogens (tertiary/aromatic N) is 3. The lowest BCUT2D eigenvalue weighted by Crippen LogP contribution is -1.99. The van der Waals surface area contributed by atoms with E-state index in [-0.39, 0.29) is 0 Å². The number of thiophene rings is 1. The first-order chi connectivity index (χ1) is 10.3. The van der Waals surface area contributed by atoms with Crippen LogP contribution in [0, 0.1) is 0 Å². The highest BCUT2D eigenvalue weighted by Crippen LogP contribution is 2.32. The molecule has 3 aromatic rings. The number of hydrogen-bond acceptors (Lipinski definition) is 4. The van der Waals surface area contributed by atoms with Gasteiger partial charge in [0.05, 0.1) is 21.6 Å². The van der Waals surface area contributed by atoms with Crippen molar-refractivity contribution in [1.29, 1.82) is 0 Å². The Morgan fingerprint density at radius 3 is 2.71 bits per heavy atom. The van der Waals surface area contributed by atoms with Crippen LogP contribution in [0.5, 0.6) is 0 Å². The van der Waals surface area contributed by atoms with Gasteiger partial charge in [0.1, 0.15) is 0 Å². The minimum Gasteiger partial charge on any atom is -0.286 e. The van der Waals surface area contributed by atoms with Crippen molar-refractivity contribution in [2.45, 2.75) is 6.92 Å². The van der Waals surface area contributed by atoms with E-state index in [2.05, 4.69) is 21.4 Å². The van der Waals surface area contributed by atoms with E-state index >= 15 is 0 Å². The molecule has 21 heavy (non-hydrogen) atoms. The molecule has 3 rings (SSSR count). The molecule has 3 heterocycles. The number of aromatic nitrogens is 2. The summed E-state index contributed by atoms with van der Waals surface area (Å²) in [4.78, 5) is 13.2. The molecule has 0 amide bonds. The van der Waals surface area contributed by atoms with Crippen molar-refractivity contribution < 1.29 is 0 Å². The number of fused-ring (bicyclic) bond motifs is 1. The predicted octanol–water partition coefficient (Wildman–Crippen LogP) is 4.35. The molecule has 3 nitrogen and oxygen atoms in total. The van der Waals surface area contributed by atoms with Crippen molar-refractivity contribution in [3.05, 3.63) is 59.9 Å². The van der Waals surface area contributed by atoms with Crippen molar-refractivity contribution in [3.8, 4) is 11.1 Å². The summed E-state index contributed by atoms with van der Waals surface area (Å²) in [5.74, 6) is 0. The summed E-state index contributed by atoms with van der Waals surface area (Å²) >= 11 is 1.71. The summed E-state index contributed by atoms with van der Waals surface area (Å²) in [6.07, 6.45) is 7.57. The van der Waals surface area contributed by atoms with Gasteiger partial charge in [-0.2, -0.15) is 0 Å². The number of allylic oxidation sites excluding steroid dienone is 2. The summed E-state index contributed by atoms with van der Waals surface area (Å²) in [5, 5.41) is 2.15. The third-order valence-electron chi connectivity index (χ3n) is 3.24. The summed E-state index contributed by atoms with van der Waals surface area (Å²) in [6.45, 7) is 1.98. The normalized spacial score (nSPS) is 12.4. The van der Waals surface area contributed by atoms with Crippen LogP contribution in [0.25, 0.3) is 21.3 Å². The molecular weight excluding hydrogens is 278 g/mol. The minimum absolute atomic E-state index is 0.895. The van der Waals surface area contributed by atoms with Crippen LogP contribution < -0.4 is 0 Å². The fourth-order valence-corrected chi connectivity index (χ4v) is 3.13. The van der Waals surface area contributed by atoms with Gasteiger partial charge in [0.2, 0.25) is 0 Å². The second kappa shape index (κ2) is 5.97. The van der Waals surface area contributed by atoms with Crippen molar-refractivity contribution in [2.24, 2.45) is 4.99 Å². The Morgan fingerprint density at radius 1 is 1.19 bits per heavy atom. The lowest BCUT2D eigenvalue weighted by Gasteiger charge is -2.02. The summed E-state index contributed by atoms with van der Waals surface area (Å²) in [5.41, 5.74) is 5.11. The molecule has 0 aliphatic carbocycles. The largest absolute Gasteiger partial charge is 0.286 e. The highest BCUT2D eigenvalue weighted by molar-refractivity contribution is 7.17. The highest BCUT2D eigenvalue weighted by atomic mass is 32.1. The Hall–Kier alpha value is -2.33. The molecule has 0 saturated carbocycles. The molecule has 0 aromatic carbocycles. The molecule has 0 atom stereocenters. The van der Waals surface area contributed by atoms with Crippen LogP contribution in [-0.2, 0) is 0 Å². The van der Waals surface area contributed by atoms with E-state index in [1.807, 2.05) is 37.3 Å². The molecule has 104 valence electrons. The molecule has 0 spiro atoms. The Labute approximate surface area is 127 Å². The summed E-state index contributed by atoms with van der Waals surface area (Å²) in [6, 6.07) is 8.16. The van der Waals surface area contributed by atoms with Gasteiger partial charge >= 0.3 is 0 Å². The first-order valence-corrected chi connectivity index (χ1v) is 7.60. The SMILES string of the molecule is C/C=C\C(=NC)c1ccc2scc(-c3ccncc3)c2n1. The third-order valence-corrected chi connectivity index (χ3v) is 4.17. The average molecular weight is 293 g/mol. The fraction of sp³-hybridized carbons (Fsp3) is 0.118. The van der Waals surface area contributed by atoms with Gasteiger partial charge in [-0.15, -0.1) is 11.3 Å². The first-order valence-electron chi connectivity index (χ1n) is 6.72. The van der Waals surface area contributed by atoms with Crippen LogP contribution in [0.1, 0.15) is 12.6 Å². The van der Waals surface area contributed by atoms with Gasteiger partial charge in [-0.25, -0.2) is 4.98 Å². The standard InChI is InChI=1S/C17H15N3S/c1-3-4-14(18-2)15-5-6-16-17(20-15)13(11-21-16)12-7-9-19-10-8-12/h3-11H,1-2H3/b4-3-,18-14?. The predicted molar refractivity (Wildman–Crippen MR) is 90.1 cm³/mol. The minimum atomic E-state index is 0.895. The maximum Gasteiger partial charge on any atom is 0.0896 e. The third kappa shape index (κ3) is 2.62. The number of aliphatic imine (C=N–C) groups is 1. The Bertz CT molecular complexity index is 816. The molecule has 0 aliphatic heterocycles. The van der Waals surface area contributed by atoms with E-state index in [0.717, 1.165) is 28.0 Å². The van der Waals surface area contributed by atoms with Gasteiger partial charge in [-0.3, -0.25) is 9.98 Å². The number of hydrogen-bond donors (Lipinski definition) is 0. The van der Waals surface area contributed by atoms with Crippen molar-refractivity contribution in [1.82, 2.24) is 9.97 Å². The van der Waals surface area contributed by atoms with E-state index in [0.29, 0.717) is 0 Å². The van der Waals surface area contributed by atoms with E-state index in [4.69, 9.17) is 4.98 Å². The quantitative estimate of drug-likeness (QED) is 0.673. The topological polar surface area (TPSA) is 38.1 Å². The van der Waals surface area contributed by atoms with Crippen LogP contribution in [-0.4, -0.2) is 22.7 Å². The second-order valence-electron chi connectivity index (χ2n) is 4.54. The molecule has 0 radical (unpaired) electrons.